The standard InChI is InChI=1S/C16H11BrF5N5O/c1-7-9(17)5-27(24-7)6-11(28)23-10-2-3-26(25-10)4-8-12(18)14(20)16(22)15(21)13(8)19/h2-3,5H,4,6H2,1H3,(H,23,25,28). The van der Waals surface area contributed by atoms with E-state index < -0.39 is 47.1 Å². The van der Waals surface area contributed by atoms with Crippen LogP contribution in [0.4, 0.5) is 27.8 Å². The number of hydrogen-bond donors (Lipinski definition) is 1. The third kappa shape index (κ3) is 3.91. The first-order valence-electron chi connectivity index (χ1n) is 7.70. The molecule has 2 aromatic heterocycles. The highest BCUT2D eigenvalue weighted by Crippen LogP contribution is 2.23. The number of amides is 1. The first kappa shape index (κ1) is 20.0. The molecule has 0 fully saturated rings. The first-order valence-corrected chi connectivity index (χ1v) is 8.49. The number of nitrogens with one attached hydrogen (secondary N) is 1. The molecule has 0 unspecified atom stereocenters. The minimum Gasteiger partial charge on any atom is -0.308 e. The number of benzene rings is 1. The molecule has 6 nitrogen and oxygen atoms in total. The lowest BCUT2D eigenvalue weighted by Crippen LogP contribution is -2.19. The Labute approximate surface area is 163 Å². The molecule has 0 radical (unpaired) electrons. The molecule has 3 aromatic rings. The maximum atomic E-state index is 13.7. The van der Waals surface area contributed by atoms with Gasteiger partial charge >= 0.3 is 0 Å². The van der Waals surface area contributed by atoms with Crippen LogP contribution in [0, 0.1) is 36.0 Å². The van der Waals surface area contributed by atoms with Crippen molar-refractivity contribution in [2.75, 3.05) is 5.32 Å². The molecule has 28 heavy (non-hydrogen) atoms. The maximum absolute atomic E-state index is 13.7. The molecular formula is C16H11BrF5N5O. The Morgan fingerprint density at radius 1 is 1.04 bits per heavy atom. The molecule has 2 heterocycles. The molecule has 0 aliphatic rings. The minimum atomic E-state index is -2.23. The average molecular weight is 464 g/mol. The van der Waals surface area contributed by atoms with E-state index in [1.165, 1.54) is 16.9 Å². The van der Waals surface area contributed by atoms with Crippen LogP contribution in [0.25, 0.3) is 0 Å². The van der Waals surface area contributed by atoms with E-state index in [4.69, 9.17) is 0 Å². The Hall–Kier alpha value is -2.76. The van der Waals surface area contributed by atoms with Crippen LogP contribution in [0.3, 0.4) is 0 Å². The first-order chi connectivity index (χ1) is 13.2. The Balaban J connectivity index is 1.72. The molecule has 0 saturated heterocycles. The zero-order valence-electron chi connectivity index (χ0n) is 14.1. The van der Waals surface area contributed by atoms with Crippen molar-refractivity contribution in [2.45, 2.75) is 20.0 Å². The summed E-state index contributed by atoms with van der Waals surface area (Å²) in [5.41, 5.74) is -0.339. The van der Waals surface area contributed by atoms with Gasteiger partial charge in [-0.25, -0.2) is 22.0 Å². The molecule has 0 spiro atoms. The molecule has 12 heteroatoms. The number of halogens is 6. The van der Waals surface area contributed by atoms with Crippen molar-refractivity contribution in [1.82, 2.24) is 19.6 Å². The predicted molar refractivity (Wildman–Crippen MR) is 90.9 cm³/mol. The van der Waals surface area contributed by atoms with Crippen LogP contribution < -0.4 is 5.32 Å². The van der Waals surface area contributed by atoms with Gasteiger partial charge in [0.1, 0.15) is 6.54 Å². The largest absolute Gasteiger partial charge is 0.308 e. The van der Waals surface area contributed by atoms with Gasteiger partial charge in [0.05, 0.1) is 22.3 Å². The molecular weight excluding hydrogens is 453 g/mol. The fourth-order valence-electron chi connectivity index (χ4n) is 2.37. The molecule has 0 saturated carbocycles. The number of anilines is 1. The molecule has 1 N–H and O–H groups in total. The molecule has 0 aliphatic carbocycles. The van der Waals surface area contributed by atoms with Crippen molar-refractivity contribution in [3.63, 3.8) is 0 Å². The summed E-state index contributed by atoms with van der Waals surface area (Å²) in [4.78, 5) is 12.0. The van der Waals surface area contributed by atoms with E-state index in [1.54, 1.807) is 13.1 Å². The average Bonchev–Trinajstić information content (AvgIpc) is 3.21. The summed E-state index contributed by atoms with van der Waals surface area (Å²) >= 11 is 3.27. The van der Waals surface area contributed by atoms with Crippen molar-refractivity contribution < 1.29 is 26.7 Å². The second kappa shape index (κ2) is 7.70. The second-order valence-corrected chi connectivity index (χ2v) is 6.61. The Morgan fingerprint density at radius 2 is 1.64 bits per heavy atom. The van der Waals surface area contributed by atoms with E-state index in [1.807, 2.05) is 0 Å². The molecule has 1 amide bonds. The Bertz CT molecular complexity index is 1020. The molecule has 3 rings (SSSR count). The lowest BCUT2D eigenvalue weighted by atomic mass is 10.1. The lowest BCUT2D eigenvalue weighted by molar-refractivity contribution is -0.116. The molecule has 0 aliphatic heterocycles. The summed E-state index contributed by atoms with van der Waals surface area (Å²) in [5.74, 6) is -10.6. The zero-order chi connectivity index (χ0) is 20.6. The fourth-order valence-corrected chi connectivity index (χ4v) is 2.69. The van der Waals surface area contributed by atoms with Gasteiger partial charge < -0.3 is 5.32 Å². The van der Waals surface area contributed by atoms with Crippen molar-refractivity contribution >= 4 is 27.7 Å². The van der Waals surface area contributed by atoms with Crippen molar-refractivity contribution in [3.05, 3.63) is 63.3 Å². The summed E-state index contributed by atoms with van der Waals surface area (Å²) in [6, 6.07) is 1.31. The van der Waals surface area contributed by atoms with Gasteiger partial charge in [0.2, 0.25) is 11.7 Å². The number of nitrogens with zero attached hydrogens (tertiary/aromatic N) is 4. The van der Waals surface area contributed by atoms with Gasteiger partial charge in [0, 0.05) is 18.5 Å². The number of carbonyl (C=O) groups excluding carboxylic acids is 1. The van der Waals surface area contributed by atoms with Gasteiger partial charge in [0.15, 0.2) is 29.1 Å². The maximum Gasteiger partial charge on any atom is 0.247 e. The van der Waals surface area contributed by atoms with E-state index in [2.05, 4.69) is 31.4 Å². The third-order valence-electron chi connectivity index (χ3n) is 3.72. The minimum absolute atomic E-state index is 0.0387. The number of carbonyl (C=O) groups is 1. The number of hydrogen-bond acceptors (Lipinski definition) is 3. The van der Waals surface area contributed by atoms with Crippen LogP contribution in [0.1, 0.15) is 11.3 Å². The second-order valence-electron chi connectivity index (χ2n) is 5.76. The van der Waals surface area contributed by atoms with Crippen LogP contribution in [-0.4, -0.2) is 25.5 Å². The van der Waals surface area contributed by atoms with Crippen molar-refractivity contribution in [3.8, 4) is 0 Å². The highest BCUT2D eigenvalue weighted by molar-refractivity contribution is 9.10. The summed E-state index contributed by atoms with van der Waals surface area (Å²) in [6.45, 7) is 0.920. The highest BCUT2D eigenvalue weighted by atomic mass is 79.9. The molecule has 1 aromatic carbocycles. The summed E-state index contributed by atoms with van der Waals surface area (Å²) in [5, 5.41) is 10.4. The Kier molecular flexibility index (Phi) is 5.49. The summed E-state index contributed by atoms with van der Waals surface area (Å²) in [7, 11) is 0. The van der Waals surface area contributed by atoms with E-state index >= 15 is 0 Å². The van der Waals surface area contributed by atoms with Gasteiger partial charge in [-0.2, -0.15) is 10.2 Å². The fraction of sp³-hybridized carbons (Fsp3) is 0.188. The van der Waals surface area contributed by atoms with E-state index in [-0.39, 0.29) is 12.4 Å². The van der Waals surface area contributed by atoms with Gasteiger partial charge in [-0.05, 0) is 22.9 Å². The van der Waals surface area contributed by atoms with Gasteiger partial charge in [0.25, 0.3) is 0 Å². The summed E-state index contributed by atoms with van der Waals surface area (Å²) < 4.78 is 70.1. The van der Waals surface area contributed by atoms with Crippen LogP contribution >= 0.6 is 15.9 Å². The van der Waals surface area contributed by atoms with Gasteiger partial charge in [-0.15, -0.1) is 0 Å². The van der Waals surface area contributed by atoms with Crippen LogP contribution in [0.15, 0.2) is 22.9 Å². The molecule has 148 valence electrons. The quantitative estimate of drug-likeness (QED) is 0.357. The number of aromatic nitrogens is 4. The monoisotopic (exact) mass is 463 g/mol. The van der Waals surface area contributed by atoms with E-state index in [0.717, 1.165) is 9.15 Å². The smallest absolute Gasteiger partial charge is 0.247 e. The molecule has 0 atom stereocenters. The highest BCUT2D eigenvalue weighted by Gasteiger charge is 2.26. The predicted octanol–water partition coefficient (Wildman–Crippen LogP) is 3.53. The number of aryl methyl sites for hydroxylation is 1. The number of rotatable bonds is 5. The SMILES string of the molecule is Cc1nn(CC(=O)Nc2ccn(Cc3c(F)c(F)c(F)c(F)c3F)n2)cc1Br. The van der Waals surface area contributed by atoms with Crippen LogP contribution in [-0.2, 0) is 17.9 Å². The molecule has 0 bridgehead atoms. The van der Waals surface area contributed by atoms with Crippen LogP contribution in [0.2, 0.25) is 0 Å². The van der Waals surface area contributed by atoms with Gasteiger partial charge in [-0.1, -0.05) is 0 Å². The lowest BCUT2D eigenvalue weighted by Gasteiger charge is -2.08. The van der Waals surface area contributed by atoms with Crippen molar-refractivity contribution in [1.29, 1.82) is 0 Å². The topological polar surface area (TPSA) is 64.7 Å². The van der Waals surface area contributed by atoms with Crippen molar-refractivity contribution in [2.24, 2.45) is 0 Å². The van der Waals surface area contributed by atoms with Crippen LogP contribution in [0.5, 0.6) is 0 Å². The summed E-state index contributed by atoms with van der Waals surface area (Å²) in [6.07, 6.45) is 2.83. The Morgan fingerprint density at radius 3 is 2.21 bits per heavy atom. The zero-order valence-corrected chi connectivity index (χ0v) is 15.7. The van der Waals surface area contributed by atoms with E-state index in [0.29, 0.717) is 5.69 Å². The van der Waals surface area contributed by atoms with E-state index in [9.17, 15) is 26.7 Å². The van der Waals surface area contributed by atoms with Gasteiger partial charge in [-0.3, -0.25) is 14.2 Å². The third-order valence-corrected chi connectivity index (χ3v) is 4.50. The normalized spacial score (nSPS) is 11.1.